The SMILES string of the molecule is Nc1[nH][13c](=S)[nH]c(=O)c1[15N]=O. The molecule has 0 saturated carbocycles. The monoisotopic (exact) mass is 174 g/mol. The van der Waals surface area contributed by atoms with E-state index in [1.54, 1.807) is 0 Å². The topological polar surface area (TPSA) is 104 Å². The van der Waals surface area contributed by atoms with E-state index < -0.39 is 5.56 Å². The molecule has 1 aromatic rings. The number of anilines is 1. The van der Waals surface area contributed by atoms with Crippen molar-refractivity contribution in [3.05, 3.63) is 20.0 Å². The Morgan fingerprint density at radius 3 is 2.55 bits per heavy atom. The average Bonchev–Trinajstić information content (AvgIpc) is 1.85. The number of aromatic nitrogens is 2. The van der Waals surface area contributed by atoms with Crippen molar-refractivity contribution in [2.24, 2.45) is 5.18 Å². The van der Waals surface area contributed by atoms with Crippen LogP contribution in [0.1, 0.15) is 0 Å². The Morgan fingerprint density at radius 1 is 1.45 bits per heavy atom. The molecule has 0 aliphatic rings. The van der Waals surface area contributed by atoms with Gasteiger partial charge in [-0.15, -0.1) is 4.91 Å². The molecule has 0 fully saturated rings. The maximum Gasteiger partial charge on any atom is 0.283 e. The minimum absolute atomic E-state index is 0.0694. The molecule has 0 aliphatic carbocycles. The van der Waals surface area contributed by atoms with E-state index in [4.69, 9.17) is 5.73 Å². The number of nitroso groups, excluding NO2 is 1. The molecule has 1 rings (SSSR count). The number of nitrogens with zero attached hydrogens (tertiary/aromatic N) is 1. The molecule has 0 unspecified atom stereocenters. The summed E-state index contributed by atoms with van der Waals surface area (Å²) in [5.74, 6) is -0.117. The predicted molar refractivity (Wildman–Crippen MR) is 42.1 cm³/mol. The second kappa shape index (κ2) is 2.62. The van der Waals surface area contributed by atoms with Gasteiger partial charge in [0, 0.05) is 0 Å². The molecular weight excluding hydrogens is 170 g/mol. The Bertz CT molecular complexity index is 392. The number of hydrogen-bond donors (Lipinski definition) is 3. The second-order valence-electron chi connectivity index (χ2n) is 1.76. The Balaban J connectivity index is 3.62. The minimum atomic E-state index is -0.679. The standard InChI is InChI=1S/C4H4N4O2S/c5-2-1(8-10)3(9)7-4(11)6-2/h(H4,5,6,7,9,11)/i4+1,8+1. The fraction of sp³-hybridized carbons (Fsp3) is 0. The Morgan fingerprint density at radius 2 is 2.09 bits per heavy atom. The third-order valence-corrected chi connectivity index (χ3v) is 1.24. The third-order valence-electron chi connectivity index (χ3n) is 1.04. The summed E-state index contributed by atoms with van der Waals surface area (Å²) in [6.45, 7) is 0. The summed E-state index contributed by atoms with van der Waals surface area (Å²) in [6.07, 6.45) is 0. The fourth-order valence-corrected chi connectivity index (χ4v) is 0.791. The van der Waals surface area contributed by atoms with Crippen LogP contribution in [-0.2, 0) is 0 Å². The lowest BCUT2D eigenvalue weighted by Gasteiger charge is -1.93. The van der Waals surface area contributed by atoms with Gasteiger partial charge in [0.25, 0.3) is 5.56 Å². The van der Waals surface area contributed by atoms with E-state index in [1.165, 1.54) is 0 Å². The lowest BCUT2D eigenvalue weighted by molar-refractivity contribution is 1.09. The Hall–Kier alpha value is -1.50. The fourth-order valence-electron chi connectivity index (χ4n) is 0.588. The molecule has 4 N–H and O–H groups in total. The molecule has 0 aliphatic heterocycles. The van der Waals surface area contributed by atoms with Crippen molar-refractivity contribution in [3.8, 4) is 0 Å². The van der Waals surface area contributed by atoms with Crippen molar-refractivity contribution in [1.29, 1.82) is 0 Å². The number of nitrogens with two attached hydrogens (primary N) is 1. The van der Waals surface area contributed by atoms with Crippen LogP contribution < -0.4 is 11.3 Å². The molecule has 0 radical (unpaired) electrons. The van der Waals surface area contributed by atoms with E-state index in [0.717, 1.165) is 0 Å². The van der Waals surface area contributed by atoms with Crippen molar-refractivity contribution >= 4 is 23.7 Å². The van der Waals surface area contributed by atoms with Gasteiger partial charge in [0.05, 0.1) is 0 Å². The van der Waals surface area contributed by atoms with E-state index in [-0.39, 0.29) is 16.3 Å². The highest BCUT2D eigenvalue weighted by atomic mass is 32.1. The number of H-pyrrole nitrogens is 2. The quantitative estimate of drug-likeness (QED) is 0.326. The lowest BCUT2D eigenvalue weighted by Crippen LogP contribution is -2.09. The molecule has 1 heterocycles. The zero-order valence-electron chi connectivity index (χ0n) is 5.25. The highest BCUT2D eigenvalue weighted by Crippen LogP contribution is 2.09. The molecule has 0 aromatic carbocycles. The zero-order chi connectivity index (χ0) is 8.43. The van der Waals surface area contributed by atoms with Gasteiger partial charge in [-0.05, 0) is 17.4 Å². The van der Waals surface area contributed by atoms with Gasteiger partial charge in [0.15, 0.2) is 4.77 Å². The number of nitrogens with one attached hydrogen (secondary N) is 2. The van der Waals surface area contributed by atoms with Crippen molar-refractivity contribution in [1.82, 2.24) is 9.97 Å². The van der Waals surface area contributed by atoms with E-state index in [9.17, 15) is 9.70 Å². The molecule has 58 valence electrons. The van der Waals surface area contributed by atoms with Gasteiger partial charge in [0.2, 0.25) is 5.69 Å². The molecule has 0 spiro atoms. The van der Waals surface area contributed by atoms with Crippen molar-refractivity contribution in [2.75, 3.05) is 5.73 Å². The van der Waals surface area contributed by atoms with Gasteiger partial charge < -0.3 is 10.7 Å². The van der Waals surface area contributed by atoms with Gasteiger partial charge in [0.1, 0.15) is 5.82 Å². The average molecular weight is 174 g/mol. The zero-order valence-corrected chi connectivity index (χ0v) is 6.07. The smallest absolute Gasteiger partial charge is 0.283 e. The van der Waals surface area contributed by atoms with E-state index in [0.29, 0.717) is 0 Å². The van der Waals surface area contributed by atoms with E-state index in [2.05, 4.69) is 27.4 Å². The van der Waals surface area contributed by atoms with Gasteiger partial charge in [-0.25, -0.2) is 0 Å². The largest absolute Gasteiger partial charge is 0.383 e. The summed E-state index contributed by atoms with van der Waals surface area (Å²) in [4.78, 5) is 25.3. The molecule has 0 saturated heterocycles. The summed E-state index contributed by atoms with van der Waals surface area (Å²) >= 11 is 4.56. The number of hydrogen-bond acceptors (Lipinski definition) is 5. The third kappa shape index (κ3) is 1.32. The molecule has 11 heavy (non-hydrogen) atoms. The van der Waals surface area contributed by atoms with Crippen LogP contribution in [0.3, 0.4) is 0 Å². The molecule has 0 amide bonds. The number of nitrogen functional groups attached to an aromatic ring is 1. The molecule has 6 nitrogen and oxygen atoms in total. The number of aromatic amines is 2. The number of rotatable bonds is 1. The summed E-state index contributed by atoms with van der Waals surface area (Å²) in [5.41, 5.74) is 4.14. The summed E-state index contributed by atoms with van der Waals surface area (Å²) in [7, 11) is 0. The lowest BCUT2D eigenvalue weighted by atomic mass is 10.5. The molecule has 0 atom stereocenters. The van der Waals surface area contributed by atoms with Gasteiger partial charge >= 0.3 is 0 Å². The van der Waals surface area contributed by atoms with Gasteiger partial charge in [-0.2, -0.15) is 0 Å². The molecule has 1 aromatic heterocycles. The molecule has 7 heteroatoms. The van der Waals surface area contributed by atoms with Crippen LogP contribution >= 0.6 is 12.2 Å². The van der Waals surface area contributed by atoms with Crippen LogP contribution in [0.4, 0.5) is 11.5 Å². The van der Waals surface area contributed by atoms with Crippen LogP contribution in [-0.4, -0.2) is 9.97 Å². The Kier molecular flexibility index (Phi) is 1.81. The second-order valence-corrected chi connectivity index (χ2v) is 2.17. The summed E-state index contributed by atoms with van der Waals surface area (Å²) in [6, 6.07) is 0. The molecular formula is C4H4N4O2S. The van der Waals surface area contributed by atoms with Crippen molar-refractivity contribution in [3.63, 3.8) is 0 Å². The van der Waals surface area contributed by atoms with Crippen LogP contribution in [0, 0.1) is 9.68 Å². The van der Waals surface area contributed by atoms with Crippen LogP contribution in [0.2, 0.25) is 0 Å². The van der Waals surface area contributed by atoms with Crippen LogP contribution in [0.5, 0.6) is 0 Å². The van der Waals surface area contributed by atoms with E-state index >= 15 is 0 Å². The first kappa shape index (κ1) is 7.61. The Labute approximate surface area is 65.4 Å². The first-order valence-corrected chi connectivity index (χ1v) is 3.01. The first-order valence-electron chi connectivity index (χ1n) is 2.60. The normalized spacial score (nSPS) is 9.45. The van der Waals surface area contributed by atoms with Gasteiger partial charge in [-0.1, -0.05) is 0 Å². The summed E-state index contributed by atoms with van der Waals surface area (Å²) in [5, 5.41) is 2.41. The minimum Gasteiger partial charge on any atom is -0.383 e. The maximum atomic E-state index is 10.8. The first-order chi connectivity index (χ1) is 5.15. The predicted octanol–water partition coefficient (Wildman–Crippen LogP) is 0.413. The highest BCUT2D eigenvalue weighted by Gasteiger charge is 2.03. The van der Waals surface area contributed by atoms with Gasteiger partial charge in [-0.3, -0.25) is 9.78 Å². The van der Waals surface area contributed by atoms with Crippen molar-refractivity contribution in [2.45, 2.75) is 0 Å². The molecule has 0 bridgehead atoms. The van der Waals surface area contributed by atoms with Crippen molar-refractivity contribution < 1.29 is 0 Å². The van der Waals surface area contributed by atoms with Crippen LogP contribution in [0.15, 0.2) is 9.97 Å². The van der Waals surface area contributed by atoms with E-state index in [1.807, 2.05) is 0 Å². The highest BCUT2D eigenvalue weighted by molar-refractivity contribution is 7.71. The van der Waals surface area contributed by atoms with Crippen LogP contribution in [0.25, 0.3) is 0 Å². The maximum absolute atomic E-state index is 10.8. The summed E-state index contributed by atoms with van der Waals surface area (Å²) < 4.78 is 0.0694.